The summed E-state index contributed by atoms with van der Waals surface area (Å²) in [5.41, 5.74) is 3.17. The second-order valence-electron chi connectivity index (χ2n) is 9.57. The fourth-order valence-electron chi connectivity index (χ4n) is 4.74. The first-order valence-electron chi connectivity index (χ1n) is 12.3. The molecule has 2 aromatic heterocycles. The molecule has 8 nitrogen and oxygen atoms in total. The number of hydrogen-bond acceptors (Lipinski definition) is 5. The van der Waals surface area contributed by atoms with Gasteiger partial charge in [-0.3, -0.25) is 9.59 Å². The van der Waals surface area contributed by atoms with E-state index in [1.807, 2.05) is 13.8 Å². The van der Waals surface area contributed by atoms with E-state index in [-0.39, 0.29) is 23.9 Å². The molecule has 35 heavy (non-hydrogen) atoms. The molecule has 184 valence electrons. The molecule has 1 aromatic carbocycles. The number of benzene rings is 1. The van der Waals surface area contributed by atoms with Gasteiger partial charge in [0.15, 0.2) is 0 Å². The van der Waals surface area contributed by atoms with Gasteiger partial charge in [0.05, 0.1) is 17.7 Å². The largest absolute Gasteiger partial charge is 0.493 e. The molecule has 2 aliphatic carbocycles. The summed E-state index contributed by atoms with van der Waals surface area (Å²) < 4.78 is 20.2. The molecule has 5 rings (SSSR count). The number of ether oxygens (including phenoxy) is 1. The molecule has 9 heteroatoms. The number of carbonyl (C=O) groups excluding carboxylic acids is 2. The van der Waals surface area contributed by atoms with Gasteiger partial charge in [0, 0.05) is 29.8 Å². The lowest BCUT2D eigenvalue weighted by Crippen LogP contribution is -2.37. The lowest BCUT2D eigenvalue weighted by atomic mass is 10.1. The van der Waals surface area contributed by atoms with Gasteiger partial charge < -0.3 is 20.4 Å². The second-order valence-corrected chi connectivity index (χ2v) is 9.57. The molecule has 2 amide bonds. The van der Waals surface area contributed by atoms with E-state index in [4.69, 9.17) is 4.74 Å². The highest BCUT2D eigenvalue weighted by Crippen LogP contribution is 2.37. The molecular weight excluding hydrogens is 449 g/mol. The number of rotatable bonds is 8. The number of fused-ring (bicyclic) bond motifs is 1. The van der Waals surface area contributed by atoms with Crippen LogP contribution in [0.2, 0.25) is 0 Å². The number of aromatic amines is 1. The number of aromatic nitrogens is 3. The van der Waals surface area contributed by atoms with Crippen molar-refractivity contribution in [2.75, 3.05) is 6.61 Å². The van der Waals surface area contributed by atoms with Crippen LogP contribution in [0.3, 0.4) is 0 Å². The number of halogens is 1. The van der Waals surface area contributed by atoms with Gasteiger partial charge in [0.2, 0.25) is 5.91 Å². The van der Waals surface area contributed by atoms with E-state index in [9.17, 15) is 14.0 Å². The lowest BCUT2D eigenvalue weighted by Gasteiger charge is -2.14. The summed E-state index contributed by atoms with van der Waals surface area (Å²) in [4.78, 5) is 37.0. The summed E-state index contributed by atoms with van der Waals surface area (Å²) in [5, 5.41) is 6.10. The molecule has 0 spiro atoms. The number of carbonyl (C=O) groups is 2. The van der Waals surface area contributed by atoms with E-state index < -0.39 is 5.82 Å². The predicted octanol–water partition coefficient (Wildman–Crippen LogP) is 4.04. The van der Waals surface area contributed by atoms with Gasteiger partial charge in [-0.2, -0.15) is 0 Å². The van der Waals surface area contributed by atoms with Gasteiger partial charge in [-0.15, -0.1) is 0 Å². The molecule has 2 heterocycles. The molecule has 0 aliphatic heterocycles. The Morgan fingerprint density at radius 3 is 2.66 bits per heavy atom. The standard InChI is InChI=1S/C26H30FN5O3/c1-3-21(33)31-17-7-8-18(11-17)32-26(34)22-14(2)30-25-23(28-13-29-24(22)25)19-10-16(27)6-9-20(19)35-12-15-4-5-15/h6,9-10,13,15,17-18,30H,3-5,7-8,11-12H2,1-2H3,(H,31,33)(H,32,34)/t17-,18+/m1/s1. The number of nitrogens with one attached hydrogen (secondary N) is 3. The van der Waals surface area contributed by atoms with Crippen LogP contribution in [-0.2, 0) is 4.79 Å². The summed E-state index contributed by atoms with van der Waals surface area (Å²) in [6.45, 7) is 4.23. The Labute approximate surface area is 203 Å². The van der Waals surface area contributed by atoms with E-state index in [1.54, 1.807) is 6.07 Å². The number of hydrogen-bond donors (Lipinski definition) is 3. The van der Waals surface area contributed by atoms with Crippen LogP contribution in [0, 0.1) is 18.7 Å². The maximum absolute atomic E-state index is 14.2. The molecule has 2 aliphatic rings. The summed E-state index contributed by atoms with van der Waals surface area (Å²) >= 11 is 0. The van der Waals surface area contributed by atoms with Crippen LogP contribution < -0.4 is 15.4 Å². The summed E-state index contributed by atoms with van der Waals surface area (Å²) in [6.07, 6.45) is 6.46. The first kappa shape index (κ1) is 23.3. The highest BCUT2D eigenvalue weighted by Gasteiger charge is 2.29. The number of nitrogens with zero attached hydrogens (tertiary/aromatic N) is 2. The maximum atomic E-state index is 14.2. The first-order valence-corrected chi connectivity index (χ1v) is 12.3. The van der Waals surface area contributed by atoms with Gasteiger partial charge in [0.1, 0.15) is 29.1 Å². The topological polar surface area (TPSA) is 109 Å². The Hall–Kier alpha value is -3.49. The quantitative estimate of drug-likeness (QED) is 0.452. The van der Waals surface area contributed by atoms with Crippen molar-refractivity contribution in [3.8, 4) is 17.0 Å². The highest BCUT2D eigenvalue weighted by molar-refractivity contribution is 6.09. The molecule has 0 bridgehead atoms. The Kier molecular flexibility index (Phi) is 6.40. The maximum Gasteiger partial charge on any atom is 0.255 e. The number of aryl methyl sites for hydroxylation is 1. The van der Waals surface area contributed by atoms with Crippen LogP contribution in [0.1, 0.15) is 61.5 Å². The van der Waals surface area contributed by atoms with Crippen LogP contribution >= 0.6 is 0 Å². The molecule has 0 radical (unpaired) electrons. The first-order chi connectivity index (χ1) is 16.9. The van der Waals surface area contributed by atoms with Crippen molar-refractivity contribution >= 4 is 22.8 Å². The third-order valence-electron chi connectivity index (χ3n) is 6.82. The molecule has 2 saturated carbocycles. The minimum atomic E-state index is -0.391. The minimum absolute atomic E-state index is 0.0245. The van der Waals surface area contributed by atoms with Crippen molar-refractivity contribution in [1.29, 1.82) is 0 Å². The van der Waals surface area contributed by atoms with Gasteiger partial charge >= 0.3 is 0 Å². The van der Waals surface area contributed by atoms with Gasteiger partial charge in [-0.1, -0.05) is 6.92 Å². The molecule has 3 aromatic rings. The fourth-order valence-corrected chi connectivity index (χ4v) is 4.74. The third kappa shape index (κ3) is 4.99. The Bertz CT molecular complexity index is 1270. The van der Waals surface area contributed by atoms with Crippen molar-refractivity contribution < 1.29 is 18.7 Å². The Morgan fingerprint density at radius 2 is 1.91 bits per heavy atom. The number of amides is 2. The molecule has 0 unspecified atom stereocenters. The van der Waals surface area contributed by atoms with Crippen LogP contribution in [0.15, 0.2) is 24.5 Å². The van der Waals surface area contributed by atoms with Crippen LogP contribution in [0.5, 0.6) is 5.75 Å². The van der Waals surface area contributed by atoms with Gasteiger partial charge in [-0.05, 0) is 63.1 Å². The van der Waals surface area contributed by atoms with E-state index in [0.29, 0.717) is 64.7 Å². The molecule has 3 N–H and O–H groups in total. The Balaban J connectivity index is 1.41. The Morgan fingerprint density at radius 1 is 1.14 bits per heavy atom. The zero-order valence-electron chi connectivity index (χ0n) is 20.0. The van der Waals surface area contributed by atoms with Crippen molar-refractivity contribution in [2.45, 2.75) is 64.5 Å². The summed E-state index contributed by atoms with van der Waals surface area (Å²) in [5.74, 6) is 0.513. The molecular formula is C26H30FN5O3. The van der Waals surface area contributed by atoms with E-state index in [2.05, 4.69) is 25.6 Å². The minimum Gasteiger partial charge on any atom is -0.493 e. The SMILES string of the molecule is CCC(=O)N[C@@H]1CC[C@H](NC(=O)c2c(C)[nH]c3c(-c4cc(F)ccc4OCC4CC4)ncnc23)C1. The van der Waals surface area contributed by atoms with E-state index in [0.717, 1.165) is 25.7 Å². The predicted molar refractivity (Wildman–Crippen MR) is 130 cm³/mol. The van der Waals surface area contributed by atoms with Crippen molar-refractivity contribution in [2.24, 2.45) is 5.92 Å². The van der Waals surface area contributed by atoms with Crippen LogP contribution in [-0.4, -0.2) is 45.5 Å². The molecule has 0 saturated heterocycles. The third-order valence-corrected chi connectivity index (χ3v) is 6.82. The van der Waals surface area contributed by atoms with Crippen molar-refractivity contribution in [1.82, 2.24) is 25.6 Å². The summed E-state index contributed by atoms with van der Waals surface area (Å²) in [6, 6.07) is 4.45. The average Bonchev–Trinajstić information content (AvgIpc) is 3.47. The monoisotopic (exact) mass is 479 g/mol. The summed E-state index contributed by atoms with van der Waals surface area (Å²) in [7, 11) is 0. The van der Waals surface area contributed by atoms with Crippen molar-refractivity contribution in [3.05, 3.63) is 41.6 Å². The second kappa shape index (κ2) is 9.64. The zero-order valence-corrected chi connectivity index (χ0v) is 20.0. The molecule has 2 atom stereocenters. The van der Waals surface area contributed by atoms with Crippen molar-refractivity contribution in [3.63, 3.8) is 0 Å². The van der Waals surface area contributed by atoms with Gasteiger partial charge in [0.25, 0.3) is 5.91 Å². The lowest BCUT2D eigenvalue weighted by molar-refractivity contribution is -0.121. The highest BCUT2D eigenvalue weighted by atomic mass is 19.1. The van der Waals surface area contributed by atoms with Crippen LogP contribution in [0.4, 0.5) is 4.39 Å². The van der Waals surface area contributed by atoms with Gasteiger partial charge in [-0.25, -0.2) is 14.4 Å². The average molecular weight is 480 g/mol. The fraction of sp³-hybridized carbons (Fsp3) is 0.462. The molecule has 2 fully saturated rings. The zero-order chi connectivity index (χ0) is 24.5. The van der Waals surface area contributed by atoms with E-state index in [1.165, 1.54) is 18.5 Å². The van der Waals surface area contributed by atoms with Crippen LogP contribution in [0.25, 0.3) is 22.3 Å². The number of H-pyrrole nitrogens is 1. The van der Waals surface area contributed by atoms with E-state index >= 15 is 0 Å². The smallest absolute Gasteiger partial charge is 0.255 e. The normalized spacial score (nSPS) is 19.6.